The largest absolute Gasteiger partial charge is 0.352 e. The molecule has 1 aromatic heterocycles. The zero-order valence-electron chi connectivity index (χ0n) is 16.3. The van der Waals surface area contributed by atoms with Gasteiger partial charge in [-0.1, -0.05) is 31.0 Å². The lowest BCUT2D eigenvalue weighted by molar-refractivity contribution is -0.120. The first-order valence-electron chi connectivity index (χ1n) is 10.3. The van der Waals surface area contributed by atoms with Gasteiger partial charge >= 0.3 is 6.03 Å². The lowest BCUT2D eigenvalue weighted by atomic mass is 10.1. The molecule has 1 aromatic carbocycles. The molecule has 1 aliphatic carbocycles. The zero-order valence-corrected chi connectivity index (χ0v) is 16.3. The number of hydrogen-bond donors (Lipinski definition) is 1. The van der Waals surface area contributed by atoms with Crippen molar-refractivity contribution in [3.63, 3.8) is 0 Å². The molecule has 2 aliphatic heterocycles. The minimum absolute atomic E-state index is 0.0232. The van der Waals surface area contributed by atoms with E-state index in [-0.39, 0.29) is 24.5 Å². The van der Waals surface area contributed by atoms with E-state index in [1.165, 1.54) is 0 Å². The molecule has 0 unspecified atom stereocenters. The SMILES string of the molecule is O=C(CN1C(=O)N2CCCN=C2c2cnn(-c3ccccc3)c21)NC1CCCC1. The maximum absolute atomic E-state index is 13.3. The van der Waals surface area contributed by atoms with E-state index in [9.17, 15) is 9.59 Å². The summed E-state index contributed by atoms with van der Waals surface area (Å²) in [7, 11) is 0. The van der Waals surface area contributed by atoms with Crippen LogP contribution in [0.1, 0.15) is 37.7 Å². The molecule has 8 nitrogen and oxygen atoms in total. The van der Waals surface area contributed by atoms with Crippen LogP contribution in [0.4, 0.5) is 10.6 Å². The van der Waals surface area contributed by atoms with Gasteiger partial charge < -0.3 is 5.32 Å². The molecular formula is C21H24N6O2. The summed E-state index contributed by atoms with van der Waals surface area (Å²) in [6, 6.07) is 9.66. The Morgan fingerprint density at radius 2 is 1.93 bits per heavy atom. The lowest BCUT2D eigenvalue weighted by Gasteiger charge is -2.37. The molecule has 0 atom stereocenters. The van der Waals surface area contributed by atoms with Crippen molar-refractivity contribution in [2.24, 2.45) is 4.99 Å². The zero-order chi connectivity index (χ0) is 19.8. The molecule has 3 heterocycles. The minimum Gasteiger partial charge on any atom is -0.352 e. The number of aliphatic imine (C=N–C) groups is 1. The number of amidine groups is 1. The first-order chi connectivity index (χ1) is 14.2. The summed E-state index contributed by atoms with van der Waals surface area (Å²) < 4.78 is 1.73. The third-order valence-corrected chi connectivity index (χ3v) is 5.78. The summed E-state index contributed by atoms with van der Waals surface area (Å²) in [5.74, 6) is 1.14. The van der Waals surface area contributed by atoms with Crippen LogP contribution < -0.4 is 10.2 Å². The average Bonchev–Trinajstić information content (AvgIpc) is 3.42. The van der Waals surface area contributed by atoms with Gasteiger partial charge in [-0.3, -0.25) is 19.6 Å². The number of aromatic nitrogens is 2. The van der Waals surface area contributed by atoms with Crippen molar-refractivity contribution in [2.75, 3.05) is 24.5 Å². The number of fused-ring (bicyclic) bond motifs is 3. The monoisotopic (exact) mass is 392 g/mol. The Bertz CT molecular complexity index is 961. The number of nitrogens with one attached hydrogen (secondary N) is 1. The van der Waals surface area contributed by atoms with E-state index in [1.54, 1.807) is 20.7 Å². The lowest BCUT2D eigenvalue weighted by Crippen LogP contribution is -2.56. The van der Waals surface area contributed by atoms with E-state index < -0.39 is 0 Å². The van der Waals surface area contributed by atoms with Crippen molar-refractivity contribution < 1.29 is 9.59 Å². The van der Waals surface area contributed by atoms with Crippen molar-refractivity contribution in [2.45, 2.75) is 38.1 Å². The molecule has 0 spiro atoms. The molecule has 150 valence electrons. The predicted molar refractivity (Wildman–Crippen MR) is 109 cm³/mol. The molecule has 3 amide bonds. The number of carbonyl (C=O) groups is 2. The molecule has 29 heavy (non-hydrogen) atoms. The number of anilines is 1. The number of hydrogen-bond acceptors (Lipinski definition) is 4. The van der Waals surface area contributed by atoms with Crippen LogP contribution in [0.25, 0.3) is 5.69 Å². The molecule has 0 saturated heterocycles. The van der Waals surface area contributed by atoms with Crippen LogP contribution in [0.2, 0.25) is 0 Å². The van der Waals surface area contributed by atoms with Crippen LogP contribution in [0.15, 0.2) is 41.5 Å². The summed E-state index contributed by atoms with van der Waals surface area (Å²) >= 11 is 0. The van der Waals surface area contributed by atoms with Gasteiger partial charge in [0.2, 0.25) is 5.91 Å². The van der Waals surface area contributed by atoms with Crippen LogP contribution in [0, 0.1) is 0 Å². The van der Waals surface area contributed by atoms with Gasteiger partial charge in [0.05, 0.1) is 17.4 Å². The Labute approximate surface area is 169 Å². The van der Waals surface area contributed by atoms with Gasteiger partial charge in [0.1, 0.15) is 12.4 Å². The molecule has 8 heteroatoms. The smallest absolute Gasteiger partial charge is 0.331 e. The summed E-state index contributed by atoms with van der Waals surface area (Å²) in [6.45, 7) is 1.27. The number of nitrogens with zero attached hydrogens (tertiary/aromatic N) is 5. The Kier molecular flexibility index (Phi) is 4.54. The topological polar surface area (TPSA) is 82.8 Å². The fourth-order valence-electron chi connectivity index (χ4n) is 4.41. The first kappa shape index (κ1) is 17.9. The van der Waals surface area contributed by atoms with Crippen molar-refractivity contribution in [3.05, 3.63) is 42.1 Å². The van der Waals surface area contributed by atoms with E-state index in [0.717, 1.165) is 43.4 Å². The third kappa shape index (κ3) is 3.18. The second kappa shape index (κ2) is 7.35. The average molecular weight is 392 g/mol. The Morgan fingerprint density at radius 1 is 1.14 bits per heavy atom. The molecule has 1 saturated carbocycles. The highest BCUT2D eigenvalue weighted by Crippen LogP contribution is 2.32. The van der Waals surface area contributed by atoms with Crippen LogP contribution in [-0.2, 0) is 4.79 Å². The highest BCUT2D eigenvalue weighted by Gasteiger charge is 2.40. The van der Waals surface area contributed by atoms with Crippen molar-refractivity contribution >= 4 is 23.6 Å². The van der Waals surface area contributed by atoms with Gasteiger partial charge in [-0.2, -0.15) is 5.10 Å². The minimum atomic E-state index is -0.213. The summed E-state index contributed by atoms with van der Waals surface area (Å²) in [5.41, 5.74) is 1.63. The van der Waals surface area contributed by atoms with Gasteiger partial charge in [-0.25, -0.2) is 9.48 Å². The number of benzene rings is 1. The van der Waals surface area contributed by atoms with E-state index >= 15 is 0 Å². The second-order valence-corrected chi connectivity index (χ2v) is 7.76. The number of rotatable bonds is 4. The highest BCUT2D eigenvalue weighted by molar-refractivity contribution is 6.19. The number of urea groups is 1. The number of carbonyl (C=O) groups excluding carboxylic acids is 2. The van der Waals surface area contributed by atoms with Crippen LogP contribution in [0.5, 0.6) is 0 Å². The van der Waals surface area contributed by atoms with E-state index in [1.807, 2.05) is 30.3 Å². The number of amides is 3. The summed E-state index contributed by atoms with van der Waals surface area (Å²) in [4.78, 5) is 33.9. The standard InChI is InChI=1S/C21H24N6O2/c28-18(24-15-7-4-5-8-15)14-26-20-17(19-22-11-6-12-25(19)21(26)29)13-23-27(20)16-9-2-1-3-10-16/h1-3,9-10,13,15H,4-8,11-12,14H2,(H,24,28). The quantitative estimate of drug-likeness (QED) is 0.867. The molecule has 5 rings (SSSR count). The van der Waals surface area contributed by atoms with Gasteiger partial charge in [0, 0.05) is 19.1 Å². The number of para-hydroxylation sites is 1. The van der Waals surface area contributed by atoms with Crippen LogP contribution in [-0.4, -0.2) is 58.1 Å². The molecule has 3 aliphatic rings. The summed E-state index contributed by atoms with van der Waals surface area (Å²) in [5, 5.41) is 7.63. The second-order valence-electron chi connectivity index (χ2n) is 7.76. The van der Waals surface area contributed by atoms with E-state index in [4.69, 9.17) is 0 Å². The highest BCUT2D eigenvalue weighted by atomic mass is 16.2. The molecule has 2 aromatic rings. The van der Waals surface area contributed by atoms with E-state index in [2.05, 4.69) is 15.4 Å². The normalized spacial score (nSPS) is 19.0. The van der Waals surface area contributed by atoms with E-state index in [0.29, 0.717) is 24.7 Å². The van der Waals surface area contributed by atoms with Crippen molar-refractivity contribution in [3.8, 4) is 5.69 Å². The molecule has 0 radical (unpaired) electrons. The van der Waals surface area contributed by atoms with Gasteiger partial charge in [0.25, 0.3) is 0 Å². The molecular weight excluding hydrogens is 368 g/mol. The maximum atomic E-state index is 13.3. The Balaban J connectivity index is 1.53. The third-order valence-electron chi connectivity index (χ3n) is 5.78. The van der Waals surface area contributed by atoms with Gasteiger partial charge in [0.15, 0.2) is 5.82 Å². The fourth-order valence-corrected chi connectivity index (χ4v) is 4.41. The van der Waals surface area contributed by atoms with Crippen molar-refractivity contribution in [1.82, 2.24) is 20.0 Å². The maximum Gasteiger partial charge on any atom is 0.331 e. The van der Waals surface area contributed by atoms with Gasteiger partial charge in [-0.05, 0) is 31.4 Å². The van der Waals surface area contributed by atoms with Gasteiger partial charge in [-0.15, -0.1) is 0 Å². The van der Waals surface area contributed by atoms with Crippen LogP contribution >= 0.6 is 0 Å². The predicted octanol–water partition coefficient (Wildman–Crippen LogP) is 2.32. The summed E-state index contributed by atoms with van der Waals surface area (Å²) in [6.07, 6.45) is 6.87. The molecule has 0 bridgehead atoms. The van der Waals surface area contributed by atoms with Crippen molar-refractivity contribution in [1.29, 1.82) is 0 Å². The molecule has 1 N–H and O–H groups in total. The Hall–Kier alpha value is -3.16. The molecule has 1 fully saturated rings. The van der Waals surface area contributed by atoms with Crippen LogP contribution in [0.3, 0.4) is 0 Å². The Morgan fingerprint density at radius 3 is 2.72 bits per heavy atom. The fraction of sp³-hybridized carbons (Fsp3) is 0.429. The first-order valence-corrected chi connectivity index (χ1v) is 10.3.